The van der Waals surface area contributed by atoms with Gasteiger partial charge in [-0.3, -0.25) is 0 Å². The summed E-state index contributed by atoms with van der Waals surface area (Å²) in [7, 11) is 0. The average Bonchev–Trinajstić information content (AvgIpc) is 3.14. The van der Waals surface area contributed by atoms with Crippen LogP contribution < -0.4 is 10.1 Å². The average molecular weight is 406 g/mol. The Balaban J connectivity index is 0.00000210. The summed E-state index contributed by atoms with van der Waals surface area (Å²) in [5.74, 6) is 0.743. The first-order chi connectivity index (χ1) is 12.6. The maximum atomic E-state index is 14.2. The molecule has 0 atom stereocenters. The number of hydrogen-bond donors (Lipinski definition) is 1. The highest BCUT2D eigenvalue weighted by Crippen LogP contribution is 2.32. The smallest absolute Gasteiger partial charge is 0.426 e. The number of ether oxygens (including phenoxy) is 1. The maximum absolute atomic E-state index is 14.2. The predicted molar refractivity (Wildman–Crippen MR) is 105 cm³/mol. The van der Waals surface area contributed by atoms with Crippen molar-refractivity contribution in [2.45, 2.75) is 6.11 Å². The normalized spacial score (nSPS) is 11.0. The van der Waals surface area contributed by atoms with Crippen LogP contribution >= 0.6 is 23.7 Å². The van der Waals surface area contributed by atoms with E-state index in [0.29, 0.717) is 11.5 Å². The number of rotatable bonds is 5. The summed E-state index contributed by atoms with van der Waals surface area (Å²) in [6.45, 7) is 0. The lowest BCUT2D eigenvalue weighted by Gasteiger charge is -2.18. The zero-order chi connectivity index (χ0) is 18.0. The van der Waals surface area contributed by atoms with Gasteiger partial charge in [-0.15, -0.1) is 23.7 Å². The van der Waals surface area contributed by atoms with E-state index in [1.165, 1.54) is 41.9 Å². The number of aromatic nitrogens is 2. The number of hydrogen-bond acceptors (Lipinski definition) is 5. The van der Waals surface area contributed by atoms with Gasteiger partial charge in [0.15, 0.2) is 0 Å². The lowest BCUT2D eigenvalue weighted by Crippen LogP contribution is -2.21. The summed E-state index contributed by atoms with van der Waals surface area (Å²) in [6.07, 6.45) is -1.92. The summed E-state index contributed by atoms with van der Waals surface area (Å²) in [6, 6.07) is 13.7. The van der Waals surface area contributed by atoms with Gasteiger partial charge in [0, 0.05) is 16.4 Å². The standard InChI is InChI=1S/C19H13F2N3OS.ClH/c20-19(21,13-4-2-1-3-5-13)25-15-8-6-14(7-9-15)24-18-16-10-26-11-17(16)22-12-23-18;/h1-12H,(H,22,23,24);1H. The number of benzene rings is 2. The molecule has 1 N–H and O–H groups in total. The van der Waals surface area contributed by atoms with E-state index < -0.39 is 6.11 Å². The van der Waals surface area contributed by atoms with E-state index in [0.717, 1.165) is 10.9 Å². The van der Waals surface area contributed by atoms with Crippen LogP contribution in [0.3, 0.4) is 0 Å². The molecule has 0 saturated heterocycles. The molecule has 0 unspecified atom stereocenters. The van der Waals surface area contributed by atoms with E-state index in [2.05, 4.69) is 15.3 Å². The minimum atomic E-state index is -3.40. The molecule has 2 aromatic carbocycles. The summed E-state index contributed by atoms with van der Waals surface area (Å²) in [5, 5.41) is 7.97. The third kappa shape index (κ3) is 4.15. The number of fused-ring (bicyclic) bond motifs is 1. The van der Waals surface area contributed by atoms with Crippen LogP contribution in [-0.2, 0) is 6.11 Å². The summed E-state index contributed by atoms with van der Waals surface area (Å²) < 4.78 is 33.2. The van der Waals surface area contributed by atoms with E-state index in [1.807, 2.05) is 10.8 Å². The van der Waals surface area contributed by atoms with Gasteiger partial charge in [0.05, 0.1) is 16.5 Å². The largest absolute Gasteiger partial charge is 0.429 e. The lowest BCUT2D eigenvalue weighted by atomic mass is 10.2. The van der Waals surface area contributed by atoms with Gasteiger partial charge in [0.1, 0.15) is 17.9 Å². The Bertz CT molecular complexity index is 1030. The van der Waals surface area contributed by atoms with Crippen molar-refractivity contribution in [2.24, 2.45) is 0 Å². The molecule has 2 heterocycles. The first kappa shape index (κ1) is 19.0. The molecular weight excluding hydrogens is 392 g/mol. The zero-order valence-corrected chi connectivity index (χ0v) is 15.4. The molecule has 0 fully saturated rings. The highest BCUT2D eigenvalue weighted by atomic mass is 35.5. The molecule has 27 heavy (non-hydrogen) atoms. The zero-order valence-electron chi connectivity index (χ0n) is 13.8. The minimum Gasteiger partial charge on any atom is -0.429 e. The third-order valence-electron chi connectivity index (χ3n) is 3.75. The molecular formula is C19H14ClF2N3OS. The Morgan fingerprint density at radius 3 is 2.41 bits per heavy atom. The number of thiophene rings is 1. The van der Waals surface area contributed by atoms with Crippen molar-refractivity contribution in [3.05, 3.63) is 77.2 Å². The third-order valence-corrected chi connectivity index (χ3v) is 4.48. The van der Waals surface area contributed by atoms with Crippen molar-refractivity contribution < 1.29 is 13.5 Å². The molecule has 0 radical (unpaired) electrons. The summed E-state index contributed by atoms with van der Waals surface area (Å²) in [4.78, 5) is 8.41. The van der Waals surface area contributed by atoms with Crippen LogP contribution in [0.15, 0.2) is 71.7 Å². The van der Waals surface area contributed by atoms with Gasteiger partial charge in [-0.25, -0.2) is 9.97 Å². The number of halogens is 3. The van der Waals surface area contributed by atoms with Gasteiger partial charge < -0.3 is 10.1 Å². The fourth-order valence-corrected chi connectivity index (χ4v) is 3.22. The van der Waals surface area contributed by atoms with Crippen molar-refractivity contribution in [1.82, 2.24) is 9.97 Å². The Hall–Kier alpha value is -2.77. The van der Waals surface area contributed by atoms with Crippen molar-refractivity contribution in [3.63, 3.8) is 0 Å². The van der Waals surface area contributed by atoms with Crippen LogP contribution in [0.4, 0.5) is 20.3 Å². The second kappa shape index (κ2) is 7.85. The van der Waals surface area contributed by atoms with E-state index >= 15 is 0 Å². The Labute approximate surface area is 164 Å². The second-order valence-electron chi connectivity index (χ2n) is 5.53. The van der Waals surface area contributed by atoms with Crippen LogP contribution in [0, 0.1) is 0 Å². The molecule has 2 aromatic heterocycles. The molecule has 4 aromatic rings. The molecule has 0 aliphatic carbocycles. The minimum absolute atomic E-state index is 0. The summed E-state index contributed by atoms with van der Waals surface area (Å²) >= 11 is 1.54. The second-order valence-corrected chi connectivity index (χ2v) is 6.27. The van der Waals surface area contributed by atoms with Gasteiger partial charge in [0.2, 0.25) is 0 Å². The topological polar surface area (TPSA) is 47.0 Å². The van der Waals surface area contributed by atoms with Crippen LogP contribution in [0.5, 0.6) is 5.75 Å². The van der Waals surface area contributed by atoms with Crippen LogP contribution in [0.1, 0.15) is 5.56 Å². The molecule has 4 rings (SSSR count). The fourth-order valence-electron chi connectivity index (χ4n) is 2.47. The van der Waals surface area contributed by atoms with Gasteiger partial charge >= 0.3 is 6.11 Å². The van der Waals surface area contributed by atoms with E-state index in [-0.39, 0.29) is 23.7 Å². The predicted octanol–water partition coefficient (Wildman–Crippen LogP) is 5.99. The van der Waals surface area contributed by atoms with Gasteiger partial charge in [-0.1, -0.05) is 18.2 Å². The highest BCUT2D eigenvalue weighted by molar-refractivity contribution is 7.09. The van der Waals surface area contributed by atoms with Crippen molar-refractivity contribution in [3.8, 4) is 5.75 Å². The molecule has 0 saturated carbocycles. The molecule has 0 amide bonds. The molecule has 0 spiro atoms. The number of nitrogens with zero attached hydrogens (tertiary/aromatic N) is 2. The molecule has 0 bridgehead atoms. The quantitative estimate of drug-likeness (QED) is 0.443. The molecule has 138 valence electrons. The number of nitrogens with one attached hydrogen (secondary N) is 1. The Morgan fingerprint density at radius 1 is 0.926 bits per heavy atom. The Kier molecular flexibility index (Phi) is 5.53. The molecule has 0 aliphatic heterocycles. The summed E-state index contributed by atoms with van der Waals surface area (Å²) in [5.41, 5.74) is 1.38. The van der Waals surface area contributed by atoms with Crippen LogP contribution in [0.25, 0.3) is 10.9 Å². The number of alkyl halides is 2. The molecule has 8 heteroatoms. The lowest BCUT2D eigenvalue weighted by molar-refractivity contribution is -0.185. The SMILES string of the molecule is Cl.FC(F)(Oc1ccc(Nc2ncnc3cscc23)cc1)c1ccccc1. The van der Waals surface area contributed by atoms with Gasteiger partial charge in [-0.2, -0.15) is 8.78 Å². The fraction of sp³-hybridized carbons (Fsp3) is 0.0526. The van der Waals surface area contributed by atoms with E-state index in [1.54, 1.807) is 30.3 Å². The first-order valence-corrected chi connectivity index (χ1v) is 8.72. The Morgan fingerprint density at radius 2 is 1.67 bits per heavy atom. The maximum Gasteiger partial charge on any atom is 0.426 e. The van der Waals surface area contributed by atoms with Crippen molar-refractivity contribution in [2.75, 3.05) is 5.32 Å². The monoisotopic (exact) mass is 405 g/mol. The molecule has 0 aliphatic rings. The van der Waals surface area contributed by atoms with E-state index in [4.69, 9.17) is 4.74 Å². The van der Waals surface area contributed by atoms with Gasteiger partial charge in [0.25, 0.3) is 0 Å². The van der Waals surface area contributed by atoms with Crippen LogP contribution in [-0.4, -0.2) is 9.97 Å². The van der Waals surface area contributed by atoms with Gasteiger partial charge in [-0.05, 0) is 36.4 Å². The molecule has 4 nitrogen and oxygen atoms in total. The van der Waals surface area contributed by atoms with Crippen LogP contribution in [0.2, 0.25) is 0 Å². The highest BCUT2D eigenvalue weighted by Gasteiger charge is 2.34. The van der Waals surface area contributed by atoms with Crippen molar-refractivity contribution in [1.29, 1.82) is 0 Å². The first-order valence-electron chi connectivity index (χ1n) is 7.78. The number of anilines is 2. The van der Waals surface area contributed by atoms with E-state index in [9.17, 15) is 8.78 Å². The van der Waals surface area contributed by atoms with Crippen molar-refractivity contribution >= 4 is 46.2 Å².